The molecule has 3 atom stereocenters. The molecule has 1 saturated carbocycles. The lowest BCUT2D eigenvalue weighted by Crippen LogP contribution is -2.34. The number of rotatable bonds is 4. The molecule has 1 aromatic heterocycles. The first-order valence-electron chi connectivity index (χ1n) is 6.89. The lowest BCUT2D eigenvalue weighted by Gasteiger charge is -2.40. The van der Waals surface area contributed by atoms with E-state index in [9.17, 15) is 5.26 Å². The summed E-state index contributed by atoms with van der Waals surface area (Å²) in [6.45, 7) is 6.98. The molecular weight excluding hydrogens is 274 g/mol. The maximum absolute atomic E-state index is 9.34. The van der Waals surface area contributed by atoms with Gasteiger partial charge in [0.15, 0.2) is 4.34 Å². The Labute approximate surface area is 123 Å². The largest absolute Gasteiger partial charge is 0.198 e. The highest BCUT2D eigenvalue weighted by Crippen LogP contribution is 2.46. The SMILES string of the molecule is CCC(C)(C)C1CCC(C#N)C(Sc2nncs2)C1. The summed E-state index contributed by atoms with van der Waals surface area (Å²) in [4.78, 5) is 0. The van der Waals surface area contributed by atoms with Crippen molar-refractivity contribution in [3.8, 4) is 6.07 Å². The molecule has 1 fully saturated rings. The van der Waals surface area contributed by atoms with E-state index in [0.717, 1.165) is 17.2 Å². The number of aromatic nitrogens is 2. The third kappa shape index (κ3) is 3.49. The minimum Gasteiger partial charge on any atom is -0.198 e. The molecule has 0 saturated heterocycles. The Kier molecular flexibility index (Phi) is 4.86. The van der Waals surface area contributed by atoms with Crippen molar-refractivity contribution in [2.75, 3.05) is 0 Å². The van der Waals surface area contributed by atoms with E-state index < -0.39 is 0 Å². The third-order valence-corrected chi connectivity index (χ3v) is 6.73. The number of hydrogen-bond acceptors (Lipinski definition) is 5. The fourth-order valence-corrected chi connectivity index (χ4v) is 4.79. The van der Waals surface area contributed by atoms with E-state index in [0.29, 0.717) is 16.6 Å². The van der Waals surface area contributed by atoms with Crippen molar-refractivity contribution in [3.05, 3.63) is 5.51 Å². The Hall–Kier alpha value is -0.600. The van der Waals surface area contributed by atoms with Crippen LogP contribution in [0, 0.1) is 28.6 Å². The number of nitrogens with zero attached hydrogens (tertiary/aromatic N) is 3. The van der Waals surface area contributed by atoms with Crippen LogP contribution in [-0.4, -0.2) is 15.4 Å². The first-order chi connectivity index (χ1) is 9.06. The van der Waals surface area contributed by atoms with E-state index >= 15 is 0 Å². The zero-order valence-electron chi connectivity index (χ0n) is 11.8. The van der Waals surface area contributed by atoms with Crippen LogP contribution in [0.4, 0.5) is 0 Å². The van der Waals surface area contributed by atoms with Gasteiger partial charge in [-0.3, -0.25) is 0 Å². The van der Waals surface area contributed by atoms with Crippen LogP contribution in [-0.2, 0) is 0 Å². The molecule has 0 aromatic carbocycles. The van der Waals surface area contributed by atoms with Crippen molar-refractivity contribution in [1.29, 1.82) is 5.26 Å². The van der Waals surface area contributed by atoms with Crippen molar-refractivity contribution >= 4 is 23.1 Å². The molecule has 1 aliphatic rings. The molecule has 19 heavy (non-hydrogen) atoms. The van der Waals surface area contributed by atoms with Crippen molar-refractivity contribution in [2.24, 2.45) is 17.3 Å². The lowest BCUT2D eigenvalue weighted by molar-refractivity contribution is 0.144. The van der Waals surface area contributed by atoms with Gasteiger partial charge in [0.1, 0.15) is 5.51 Å². The molecule has 3 nitrogen and oxygen atoms in total. The molecule has 0 radical (unpaired) electrons. The Morgan fingerprint density at radius 2 is 2.32 bits per heavy atom. The van der Waals surface area contributed by atoms with E-state index in [1.165, 1.54) is 12.8 Å². The van der Waals surface area contributed by atoms with Crippen molar-refractivity contribution in [1.82, 2.24) is 10.2 Å². The van der Waals surface area contributed by atoms with Crippen LogP contribution in [0.1, 0.15) is 46.5 Å². The molecule has 1 aliphatic carbocycles. The maximum atomic E-state index is 9.34. The second kappa shape index (κ2) is 6.23. The highest BCUT2D eigenvalue weighted by atomic mass is 32.2. The highest BCUT2D eigenvalue weighted by Gasteiger charge is 2.38. The summed E-state index contributed by atoms with van der Waals surface area (Å²) in [5, 5.41) is 17.7. The van der Waals surface area contributed by atoms with Crippen LogP contribution >= 0.6 is 23.1 Å². The van der Waals surface area contributed by atoms with Gasteiger partial charge in [0.05, 0.1) is 12.0 Å². The number of hydrogen-bond donors (Lipinski definition) is 0. The van der Waals surface area contributed by atoms with Gasteiger partial charge in [-0.15, -0.1) is 10.2 Å². The molecule has 5 heteroatoms. The van der Waals surface area contributed by atoms with Crippen LogP contribution in [0.5, 0.6) is 0 Å². The summed E-state index contributed by atoms with van der Waals surface area (Å²) in [6.07, 6.45) is 4.54. The van der Waals surface area contributed by atoms with Crippen LogP contribution in [0.2, 0.25) is 0 Å². The second-order valence-corrected chi connectivity index (χ2v) is 8.27. The van der Waals surface area contributed by atoms with Crippen molar-refractivity contribution in [2.45, 2.75) is 56.0 Å². The van der Waals surface area contributed by atoms with Crippen molar-refractivity contribution in [3.63, 3.8) is 0 Å². The first kappa shape index (κ1) is 14.8. The van der Waals surface area contributed by atoms with Gasteiger partial charge in [0.25, 0.3) is 0 Å². The van der Waals surface area contributed by atoms with Crippen LogP contribution < -0.4 is 0 Å². The quantitative estimate of drug-likeness (QED) is 0.827. The zero-order chi connectivity index (χ0) is 13.9. The average molecular weight is 295 g/mol. The molecule has 0 aliphatic heterocycles. The van der Waals surface area contributed by atoms with E-state index in [2.05, 4.69) is 37.0 Å². The third-order valence-electron chi connectivity index (χ3n) is 4.57. The first-order valence-corrected chi connectivity index (χ1v) is 8.65. The fourth-order valence-electron chi connectivity index (χ4n) is 2.75. The van der Waals surface area contributed by atoms with Gasteiger partial charge in [-0.25, -0.2) is 0 Å². The molecule has 104 valence electrons. The Bertz CT molecular complexity index is 436. The minimum absolute atomic E-state index is 0.165. The van der Waals surface area contributed by atoms with E-state index in [-0.39, 0.29) is 5.92 Å². The number of nitriles is 1. The molecule has 0 amide bonds. The second-order valence-electron chi connectivity index (χ2n) is 5.95. The molecule has 1 aromatic rings. The van der Waals surface area contributed by atoms with Crippen LogP contribution in [0.25, 0.3) is 0 Å². The normalized spacial score (nSPS) is 28.0. The summed E-state index contributed by atoms with van der Waals surface area (Å²) in [5.41, 5.74) is 2.14. The Morgan fingerprint density at radius 3 is 2.89 bits per heavy atom. The molecular formula is C14H21N3S2. The lowest BCUT2D eigenvalue weighted by atomic mass is 9.67. The predicted octanol–water partition coefficient (Wildman–Crippen LogP) is 4.37. The van der Waals surface area contributed by atoms with Crippen LogP contribution in [0.15, 0.2) is 9.85 Å². The van der Waals surface area contributed by atoms with E-state index in [4.69, 9.17) is 0 Å². The van der Waals surface area contributed by atoms with Gasteiger partial charge in [-0.1, -0.05) is 50.3 Å². The molecule has 1 heterocycles. The van der Waals surface area contributed by atoms with Gasteiger partial charge in [-0.2, -0.15) is 5.26 Å². The fraction of sp³-hybridized carbons (Fsp3) is 0.786. The zero-order valence-corrected chi connectivity index (χ0v) is 13.4. The smallest absolute Gasteiger partial charge is 0.174 e. The van der Waals surface area contributed by atoms with Gasteiger partial charge in [0, 0.05) is 5.25 Å². The standard InChI is InChI=1S/C14H21N3S2/c1-4-14(2,3)11-6-5-10(8-15)12(7-11)19-13-17-16-9-18-13/h9-12H,4-7H2,1-3H3. The maximum Gasteiger partial charge on any atom is 0.174 e. The molecule has 0 bridgehead atoms. The van der Waals surface area contributed by atoms with Gasteiger partial charge >= 0.3 is 0 Å². The monoisotopic (exact) mass is 295 g/mol. The average Bonchev–Trinajstić information content (AvgIpc) is 2.91. The minimum atomic E-state index is 0.165. The summed E-state index contributed by atoms with van der Waals surface area (Å²) in [6, 6.07) is 2.49. The van der Waals surface area contributed by atoms with Gasteiger partial charge < -0.3 is 0 Å². The van der Waals surface area contributed by atoms with Crippen molar-refractivity contribution < 1.29 is 0 Å². The molecule has 2 rings (SSSR count). The summed E-state index contributed by atoms with van der Waals surface area (Å²) in [7, 11) is 0. The summed E-state index contributed by atoms with van der Waals surface area (Å²) >= 11 is 3.33. The van der Waals surface area contributed by atoms with E-state index in [1.54, 1.807) is 28.6 Å². The molecule has 0 spiro atoms. The Morgan fingerprint density at radius 1 is 1.53 bits per heavy atom. The van der Waals surface area contributed by atoms with E-state index in [1.807, 2.05) is 0 Å². The number of thioether (sulfide) groups is 1. The topological polar surface area (TPSA) is 49.6 Å². The predicted molar refractivity (Wildman–Crippen MR) is 80.1 cm³/mol. The highest BCUT2D eigenvalue weighted by molar-refractivity contribution is 8.01. The summed E-state index contributed by atoms with van der Waals surface area (Å²) in [5.74, 6) is 0.880. The Balaban J connectivity index is 2.07. The summed E-state index contributed by atoms with van der Waals surface area (Å²) < 4.78 is 1.00. The molecule has 0 N–H and O–H groups in total. The van der Waals surface area contributed by atoms with Gasteiger partial charge in [-0.05, 0) is 30.6 Å². The molecule has 3 unspecified atom stereocenters. The van der Waals surface area contributed by atoms with Gasteiger partial charge in [0.2, 0.25) is 0 Å². The van der Waals surface area contributed by atoms with Crippen LogP contribution in [0.3, 0.4) is 0 Å².